The average Bonchev–Trinajstić information content (AvgIpc) is 3.18. The van der Waals surface area contributed by atoms with Gasteiger partial charge in [-0.1, -0.05) is 0 Å². The number of nitrogens with two attached hydrogens (primary N) is 1. The normalized spacial score (nSPS) is 22.7. The molecule has 1 aliphatic carbocycles. The van der Waals surface area contributed by atoms with Gasteiger partial charge in [0, 0.05) is 31.2 Å². The smallest absolute Gasteiger partial charge is 0.293 e. The van der Waals surface area contributed by atoms with Gasteiger partial charge in [0.2, 0.25) is 10.0 Å². The van der Waals surface area contributed by atoms with Gasteiger partial charge in [0.1, 0.15) is 5.69 Å². The van der Waals surface area contributed by atoms with Crippen LogP contribution in [0.4, 0.5) is 11.4 Å². The minimum Gasteiger partial charge on any atom is -0.375 e. The number of rotatable bonds is 5. The van der Waals surface area contributed by atoms with Gasteiger partial charge in [-0.15, -0.1) is 0 Å². The molecule has 1 aliphatic heterocycles. The quantitative estimate of drug-likeness (QED) is 0.613. The van der Waals surface area contributed by atoms with Crippen LogP contribution in [0.3, 0.4) is 0 Å². The van der Waals surface area contributed by atoms with E-state index in [1.54, 1.807) is 0 Å². The van der Waals surface area contributed by atoms with Crippen molar-refractivity contribution in [2.75, 3.05) is 18.4 Å². The Morgan fingerprint density at radius 1 is 1.32 bits per heavy atom. The molecular formula is C13H18N4O4S. The van der Waals surface area contributed by atoms with Crippen LogP contribution < -0.4 is 10.5 Å². The molecule has 0 bridgehead atoms. The number of anilines is 1. The van der Waals surface area contributed by atoms with E-state index in [0.717, 1.165) is 25.6 Å². The van der Waals surface area contributed by atoms with E-state index in [4.69, 9.17) is 5.14 Å². The fraction of sp³-hybridized carbons (Fsp3) is 0.538. The lowest BCUT2D eigenvalue weighted by molar-refractivity contribution is -0.384. The first-order chi connectivity index (χ1) is 10.3. The van der Waals surface area contributed by atoms with Crippen molar-refractivity contribution < 1.29 is 13.3 Å². The highest BCUT2D eigenvalue weighted by Gasteiger charge is 2.34. The van der Waals surface area contributed by atoms with Crippen molar-refractivity contribution in [3.63, 3.8) is 0 Å². The number of hydrogen-bond acceptors (Lipinski definition) is 6. The molecule has 0 amide bonds. The van der Waals surface area contributed by atoms with Crippen LogP contribution in [0.2, 0.25) is 0 Å². The number of nitro groups is 1. The van der Waals surface area contributed by atoms with E-state index in [-0.39, 0.29) is 16.6 Å². The molecule has 0 spiro atoms. The second-order valence-electron chi connectivity index (χ2n) is 5.84. The standard InChI is InChI=1S/C13H18N4O4S/c14-22(20,21)11-3-4-12(13(7-11)17(18)19)15-9-5-6-16(8-9)10-1-2-10/h3-4,7,9-10,15H,1-2,5-6,8H2,(H2,14,20,21)/t9-/m1/s1. The maximum Gasteiger partial charge on any atom is 0.293 e. The van der Waals surface area contributed by atoms with Gasteiger partial charge in [0.25, 0.3) is 5.69 Å². The van der Waals surface area contributed by atoms with Crippen molar-refractivity contribution in [1.82, 2.24) is 4.90 Å². The summed E-state index contributed by atoms with van der Waals surface area (Å²) in [5.41, 5.74) is 0.0662. The maximum atomic E-state index is 11.3. The predicted molar refractivity (Wildman–Crippen MR) is 81.1 cm³/mol. The van der Waals surface area contributed by atoms with Gasteiger partial charge in [-0.25, -0.2) is 13.6 Å². The highest BCUT2D eigenvalue weighted by Crippen LogP contribution is 2.32. The van der Waals surface area contributed by atoms with Crippen molar-refractivity contribution >= 4 is 21.4 Å². The van der Waals surface area contributed by atoms with Crippen LogP contribution in [0.25, 0.3) is 0 Å². The van der Waals surface area contributed by atoms with Crippen molar-refractivity contribution in [3.8, 4) is 0 Å². The summed E-state index contributed by atoms with van der Waals surface area (Å²) < 4.78 is 22.6. The van der Waals surface area contributed by atoms with Gasteiger partial charge < -0.3 is 5.32 Å². The number of likely N-dealkylation sites (tertiary alicyclic amines) is 1. The molecule has 0 aromatic heterocycles. The Labute approximate surface area is 128 Å². The third-order valence-corrected chi connectivity index (χ3v) is 5.05. The minimum atomic E-state index is -3.96. The van der Waals surface area contributed by atoms with Crippen molar-refractivity contribution in [2.45, 2.75) is 36.2 Å². The first kappa shape index (κ1) is 15.2. The zero-order valence-corrected chi connectivity index (χ0v) is 12.8. The summed E-state index contributed by atoms with van der Waals surface area (Å²) in [7, 11) is -3.96. The molecule has 1 saturated heterocycles. The summed E-state index contributed by atoms with van der Waals surface area (Å²) in [6.45, 7) is 1.85. The summed E-state index contributed by atoms with van der Waals surface area (Å²) in [6, 6.07) is 4.52. The van der Waals surface area contributed by atoms with Crippen LogP contribution in [0.15, 0.2) is 23.1 Å². The molecule has 1 aromatic carbocycles. The van der Waals surface area contributed by atoms with Gasteiger partial charge >= 0.3 is 0 Å². The second kappa shape index (κ2) is 5.49. The van der Waals surface area contributed by atoms with Gasteiger partial charge in [-0.3, -0.25) is 15.0 Å². The zero-order valence-electron chi connectivity index (χ0n) is 11.9. The van der Waals surface area contributed by atoms with Crippen LogP contribution in [-0.2, 0) is 10.0 Å². The molecule has 0 radical (unpaired) electrons. The van der Waals surface area contributed by atoms with Crippen LogP contribution in [0.5, 0.6) is 0 Å². The molecule has 9 heteroatoms. The number of primary sulfonamides is 1. The fourth-order valence-electron chi connectivity index (χ4n) is 2.86. The Hall–Kier alpha value is -1.71. The van der Waals surface area contributed by atoms with Gasteiger partial charge in [-0.2, -0.15) is 0 Å². The third-order valence-electron chi connectivity index (χ3n) is 4.14. The lowest BCUT2D eigenvalue weighted by Crippen LogP contribution is -2.28. The summed E-state index contributed by atoms with van der Waals surface area (Å²) in [6.07, 6.45) is 3.39. The summed E-state index contributed by atoms with van der Waals surface area (Å²) >= 11 is 0. The predicted octanol–water partition coefficient (Wildman–Crippen LogP) is 0.891. The number of benzene rings is 1. The van der Waals surface area contributed by atoms with Crippen LogP contribution in [0.1, 0.15) is 19.3 Å². The molecule has 120 valence electrons. The SMILES string of the molecule is NS(=O)(=O)c1ccc(N[C@@H]2CCN(C3CC3)C2)c([N+](=O)[O-])c1. The molecule has 2 fully saturated rings. The molecule has 1 saturated carbocycles. The zero-order chi connectivity index (χ0) is 15.9. The largest absolute Gasteiger partial charge is 0.375 e. The highest BCUT2D eigenvalue weighted by molar-refractivity contribution is 7.89. The molecule has 22 heavy (non-hydrogen) atoms. The summed E-state index contributed by atoms with van der Waals surface area (Å²) in [5.74, 6) is 0. The Bertz CT molecular complexity index is 702. The molecule has 8 nitrogen and oxygen atoms in total. The van der Waals surface area contributed by atoms with E-state index in [1.165, 1.54) is 25.0 Å². The van der Waals surface area contributed by atoms with E-state index in [2.05, 4.69) is 10.2 Å². The Kier molecular flexibility index (Phi) is 3.79. The van der Waals surface area contributed by atoms with Crippen molar-refractivity contribution in [1.29, 1.82) is 0 Å². The first-order valence-electron chi connectivity index (χ1n) is 7.16. The van der Waals surface area contributed by atoms with Crippen LogP contribution in [0, 0.1) is 10.1 Å². The molecule has 1 aromatic rings. The second-order valence-corrected chi connectivity index (χ2v) is 7.40. The number of nitrogens with zero attached hydrogens (tertiary/aromatic N) is 2. The summed E-state index contributed by atoms with van der Waals surface area (Å²) in [5, 5.41) is 19.4. The lowest BCUT2D eigenvalue weighted by atomic mass is 10.2. The summed E-state index contributed by atoms with van der Waals surface area (Å²) in [4.78, 5) is 12.7. The Balaban J connectivity index is 1.79. The Morgan fingerprint density at radius 2 is 2.05 bits per heavy atom. The lowest BCUT2D eigenvalue weighted by Gasteiger charge is -2.16. The molecule has 2 aliphatic rings. The van der Waals surface area contributed by atoms with Crippen molar-refractivity contribution in [3.05, 3.63) is 28.3 Å². The Morgan fingerprint density at radius 3 is 2.64 bits per heavy atom. The maximum absolute atomic E-state index is 11.3. The molecular weight excluding hydrogens is 308 g/mol. The van der Waals surface area contributed by atoms with E-state index in [1.807, 2.05) is 0 Å². The molecule has 0 unspecified atom stereocenters. The molecule has 1 atom stereocenters. The van der Waals surface area contributed by atoms with E-state index in [9.17, 15) is 18.5 Å². The number of hydrogen-bond donors (Lipinski definition) is 2. The monoisotopic (exact) mass is 326 g/mol. The highest BCUT2D eigenvalue weighted by atomic mass is 32.2. The third kappa shape index (κ3) is 3.21. The van der Waals surface area contributed by atoms with Gasteiger partial charge in [0.05, 0.1) is 9.82 Å². The van der Waals surface area contributed by atoms with Crippen LogP contribution >= 0.6 is 0 Å². The number of nitrogens with one attached hydrogen (secondary N) is 1. The van der Waals surface area contributed by atoms with Crippen molar-refractivity contribution in [2.24, 2.45) is 5.14 Å². The fourth-order valence-corrected chi connectivity index (χ4v) is 3.39. The van der Waals surface area contributed by atoms with E-state index >= 15 is 0 Å². The molecule has 3 rings (SSSR count). The number of nitro benzene ring substituents is 1. The molecule has 1 heterocycles. The number of sulfonamides is 1. The molecule has 3 N–H and O–H groups in total. The first-order valence-corrected chi connectivity index (χ1v) is 8.71. The van der Waals surface area contributed by atoms with E-state index in [0.29, 0.717) is 11.7 Å². The van der Waals surface area contributed by atoms with Crippen LogP contribution in [-0.4, -0.2) is 43.4 Å². The average molecular weight is 326 g/mol. The minimum absolute atomic E-state index is 0.139. The topological polar surface area (TPSA) is 119 Å². The van der Waals surface area contributed by atoms with Gasteiger partial charge in [0.15, 0.2) is 0 Å². The van der Waals surface area contributed by atoms with E-state index < -0.39 is 14.9 Å². The van der Waals surface area contributed by atoms with Gasteiger partial charge in [-0.05, 0) is 31.4 Å².